The zero-order chi connectivity index (χ0) is 12.5. The molecule has 0 atom stereocenters. The first-order chi connectivity index (χ1) is 8.76. The van der Waals surface area contributed by atoms with Gasteiger partial charge < -0.3 is 14.9 Å². The van der Waals surface area contributed by atoms with Crippen LogP contribution in [0.5, 0.6) is 5.75 Å². The molecule has 0 unspecified atom stereocenters. The first-order valence-corrected chi connectivity index (χ1v) is 5.65. The highest BCUT2D eigenvalue weighted by Crippen LogP contribution is 2.22. The van der Waals surface area contributed by atoms with Crippen molar-refractivity contribution in [3.8, 4) is 17.0 Å². The van der Waals surface area contributed by atoms with Crippen LogP contribution < -0.4 is 10.5 Å². The molecular weight excluding hydrogens is 226 g/mol. The Morgan fingerprint density at radius 2 is 2.11 bits per heavy atom. The van der Waals surface area contributed by atoms with Gasteiger partial charge in [-0.25, -0.2) is 4.98 Å². The minimum Gasteiger partial charge on any atom is -0.497 e. The number of rotatable bonds is 2. The molecule has 0 aliphatic heterocycles. The standard InChI is InChI=1S/C14H13N3O/c1-18-12-5-6-17-9-13(16-14(17)8-12)10-3-2-4-11(15)7-10/h2-9H,15H2,1H3. The molecule has 0 bridgehead atoms. The molecule has 0 radical (unpaired) electrons. The van der Waals surface area contributed by atoms with E-state index in [9.17, 15) is 0 Å². The molecule has 3 aromatic rings. The highest BCUT2D eigenvalue weighted by Gasteiger charge is 2.05. The second kappa shape index (κ2) is 4.07. The predicted molar refractivity (Wildman–Crippen MR) is 71.6 cm³/mol. The number of aromatic nitrogens is 2. The number of fused-ring (bicyclic) bond motifs is 1. The summed E-state index contributed by atoms with van der Waals surface area (Å²) in [7, 11) is 1.65. The van der Waals surface area contributed by atoms with Crippen LogP contribution in [0.25, 0.3) is 16.9 Å². The van der Waals surface area contributed by atoms with Gasteiger partial charge in [0.15, 0.2) is 0 Å². The zero-order valence-electron chi connectivity index (χ0n) is 10.00. The molecule has 0 saturated heterocycles. The smallest absolute Gasteiger partial charge is 0.141 e. The van der Waals surface area contributed by atoms with Crippen LogP contribution in [0.15, 0.2) is 48.8 Å². The van der Waals surface area contributed by atoms with Crippen molar-refractivity contribution in [2.75, 3.05) is 12.8 Å². The fourth-order valence-electron chi connectivity index (χ4n) is 1.93. The second-order valence-electron chi connectivity index (χ2n) is 4.08. The average Bonchev–Trinajstić information content (AvgIpc) is 2.81. The van der Waals surface area contributed by atoms with Gasteiger partial charge in [-0.15, -0.1) is 0 Å². The van der Waals surface area contributed by atoms with E-state index in [2.05, 4.69) is 4.98 Å². The summed E-state index contributed by atoms with van der Waals surface area (Å²) in [5.74, 6) is 0.798. The van der Waals surface area contributed by atoms with E-state index in [0.29, 0.717) is 0 Å². The Kier molecular flexibility index (Phi) is 2.41. The number of hydrogen-bond donors (Lipinski definition) is 1. The van der Waals surface area contributed by atoms with Crippen LogP contribution in [-0.4, -0.2) is 16.5 Å². The summed E-state index contributed by atoms with van der Waals surface area (Å²) in [6.45, 7) is 0. The highest BCUT2D eigenvalue weighted by atomic mass is 16.5. The number of anilines is 1. The van der Waals surface area contributed by atoms with Crippen molar-refractivity contribution in [2.45, 2.75) is 0 Å². The third-order valence-corrected chi connectivity index (χ3v) is 2.85. The van der Waals surface area contributed by atoms with E-state index in [0.717, 1.165) is 28.3 Å². The number of ether oxygens (including phenoxy) is 1. The fraction of sp³-hybridized carbons (Fsp3) is 0.0714. The van der Waals surface area contributed by atoms with E-state index >= 15 is 0 Å². The third kappa shape index (κ3) is 1.78. The molecule has 2 N–H and O–H groups in total. The van der Waals surface area contributed by atoms with Gasteiger partial charge in [-0.05, 0) is 18.2 Å². The van der Waals surface area contributed by atoms with E-state index in [1.807, 2.05) is 53.2 Å². The van der Waals surface area contributed by atoms with E-state index in [-0.39, 0.29) is 0 Å². The second-order valence-corrected chi connectivity index (χ2v) is 4.08. The van der Waals surface area contributed by atoms with Crippen LogP contribution in [0.4, 0.5) is 5.69 Å². The van der Waals surface area contributed by atoms with Crippen LogP contribution in [0.3, 0.4) is 0 Å². The Labute approximate surface area is 105 Å². The minimum absolute atomic E-state index is 0.738. The zero-order valence-corrected chi connectivity index (χ0v) is 10.00. The molecule has 90 valence electrons. The largest absolute Gasteiger partial charge is 0.497 e. The lowest BCUT2D eigenvalue weighted by atomic mass is 10.1. The Bertz CT molecular complexity index is 703. The molecule has 4 nitrogen and oxygen atoms in total. The highest BCUT2D eigenvalue weighted by molar-refractivity contribution is 5.66. The number of nitrogens with two attached hydrogens (primary N) is 1. The molecule has 0 aliphatic rings. The van der Waals surface area contributed by atoms with Gasteiger partial charge in [0.1, 0.15) is 11.4 Å². The van der Waals surface area contributed by atoms with E-state index < -0.39 is 0 Å². The minimum atomic E-state index is 0.738. The number of benzene rings is 1. The van der Waals surface area contributed by atoms with Crippen LogP contribution in [0.2, 0.25) is 0 Å². The average molecular weight is 239 g/mol. The van der Waals surface area contributed by atoms with E-state index in [1.165, 1.54) is 0 Å². The number of nitrogens with zero attached hydrogens (tertiary/aromatic N) is 2. The van der Waals surface area contributed by atoms with Gasteiger partial charge in [0.2, 0.25) is 0 Å². The number of nitrogen functional groups attached to an aromatic ring is 1. The fourth-order valence-corrected chi connectivity index (χ4v) is 1.93. The lowest BCUT2D eigenvalue weighted by Crippen LogP contribution is -1.86. The van der Waals surface area contributed by atoms with Crippen LogP contribution in [-0.2, 0) is 0 Å². The Morgan fingerprint density at radius 3 is 2.89 bits per heavy atom. The van der Waals surface area contributed by atoms with E-state index in [4.69, 9.17) is 10.5 Å². The monoisotopic (exact) mass is 239 g/mol. The summed E-state index contributed by atoms with van der Waals surface area (Å²) in [6.07, 6.45) is 3.90. The molecule has 2 aromatic heterocycles. The molecule has 0 fully saturated rings. The van der Waals surface area contributed by atoms with Gasteiger partial charge in [0.05, 0.1) is 12.8 Å². The van der Waals surface area contributed by atoms with Gasteiger partial charge in [0, 0.05) is 29.7 Å². The van der Waals surface area contributed by atoms with Crippen molar-refractivity contribution in [1.29, 1.82) is 0 Å². The van der Waals surface area contributed by atoms with Crippen LogP contribution in [0, 0.1) is 0 Å². The lowest BCUT2D eigenvalue weighted by molar-refractivity contribution is 0.414. The Hall–Kier alpha value is -2.49. The van der Waals surface area contributed by atoms with Crippen molar-refractivity contribution in [2.24, 2.45) is 0 Å². The van der Waals surface area contributed by atoms with Crippen molar-refractivity contribution >= 4 is 11.3 Å². The van der Waals surface area contributed by atoms with Crippen molar-refractivity contribution in [3.63, 3.8) is 0 Å². The van der Waals surface area contributed by atoms with Gasteiger partial charge in [-0.3, -0.25) is 0 Å². The summed E-state index contributed by atoms with van der Waals surface area (Å²) in [6, 6.07) is 11.5. The molecule has 18 heavy (non-hydrogen) atoms. The summed E-state index contributed by atoms with van der Waals surface area (Å²) >= 11 is 0. The lowest BCUT2D eigenvalue weighted by Gasteiger charge is -1.98. The number of imidazole rings is 1. The first kappa shape index (κ1) is 10.7. The summed E-state index contributed by atoms with van der Waals surface area (Å²) in [4.78, 5) is 4.56. The van der Waals surface area contributed by atoms with E-state index in [1.54, 1.807) is 7.11 Å². The van der Waals surface area contributed by atoms with Gasteiger partial charge in [-0.2, -0.15) is 0 Å². The molecule has 0 saturated carbocycles. The normalized spacial score (nSPS) is 10.7. The molecule has 4 heteroatoms. The summed E-state index contributed by atoms with van der Waals surface area (Å²) in [5.41, 5.74) is 9.28. The maximum Gasteiger partial charge on any atom is 0.141 e. The molecular formula is C14H13N3O. The van der Waals surface area contributed by atoms with Crippen molar-refractivity contribution in [3.05, 3.63) is 48.8 Å². The molecule has 0 amide bonds. The Morgan fingerprint density at radius 1 is 1.22 bits per heavy atom. The molecule has 0 spiro atoms. The van der Waals surface area contributed by atoms with Crippen molar-refractivity contribution in [1.82, 2.24) is 9.38 Å². The molecule has 3 rings (SSSR count). The predicted octanol–water partition coefficient (Wildman–Crippen LogP) is 2.59. The summed E-state index contributed by atoms with van der Waals surface area (Å²) < 4.78 is 7.14. The maximum atomic E-state index is 5.78. The molecule has 0 aliphatic carbocycles. The van der Waals surface area contributed by atoms with Gasteiger partial charge in [0.25, 0.3) is 0 Å². The third-order valence-electron chi connectivity index (χ3n) is 2.85. The summed E-state index contributed by atoms with van der Waals surface area (Å²) in [5, 5.41) is 0. The van der Waals surface area contributed by atoms with Crippen LogP contribution >= 0.6 is 0 Å². The maximum absolute atomic E-state index is 5.78. The van der Waals surface area contributed by atoms with Crippen LogP contribution in [0.1, 0.15) is 0 Å². The van der Waals surface area contributed by atoms with Gasteiger partial charge >= 0.3 is 0 Å². The quantitative estimate of drug-likeness (QED) is 0.699. The number of hydrogen-bond acceptors (Lipinski definition) is 3. The topological polar surface area (TPSA) is 52.5 Å². The molecule has 2 heterocycles. The Balaban J connectivity index is 2.13. The first-order valence-electron chi connectivity index (χ1n) is 5.65. The van der Waals surface area contributed by atoms with Crippen molar-refractivity contribution < 1.29 is 4.74 Å². The van der Waals surface area contributed by atoms with Gasteiger partial charge in [-0.1, -0.05) is 12.1 Å². The SMILES string of the molecule is COc1ccn2cc(-c3cccc(N)c3)nc2c1. The number of pyridine rings is 1. The molecule has 1 aromatic carbocycles. The number of methoxy groups -OCH3 is 1.